The molecule has 1 N–H and O–H groups in total. The van der Waals surface area contributed by atoms with Crippen LogP contribution in [0.4, 0.5) is 17.3 Å². The lowest BCUT2D eigenvalue weighted by molar-refractivity contribution is 0.0774. The van der Waals surface area contributed by atoms with Crippen LogP contribution >= 0.6 is 0 Å². The van der Waals surface area contributed by atoms with E-state index in [1.54, 1.807) is 41.4 Å². The first-order valence-corrected chi connectivity index (χ1v) is 12.5. The molecule has 0 unspecified atom stereocenters. The molecule has 0 aliphatic carbocycles. The van der Waals surface area contributed by atoms with Gasteiger partial charge >= 0.3 is 0 Å². The average Bonchev–Trinajstić information content (AvgIpc) is 3.61. The monoisotopic (exact) mass is 509 g/mol. The molecule has 4 aromatic rings. The first kappa shape index (κ1) is 23.8. The van der Waals surface area contributed by atoms with Crippen molar-refractivity contribution in [3.8, 4) is 11.6 Å². The van der Waals surface area contributed by atoms with Crippen LogP contribution in [0.15, 0.2) is 43.0 Å². The minimum absolute atomic E-state index is 0.0202. The number of ether oxygens (including phenoxy) is 1. The Bertz CT molecular complexity index is 1570. The van der Waals surface area contributed by atoms with Gasteiger partial charge in [0.1, 0.15) is 11.3 Å². The van der Waals surface area contributed by atoms with Gasteiger partial charge < -0.3 is 29.3 Å². The van der Waals surface area contributed by atoms with Gasteiger partial charge in [-0.3, -0.25) is 4.79 Å². The SMILES string of the molecule is [C-]#[N+]c1cc(C)c(Oc2cc(Nc3ccc(C(=O)N4C[C@@H]5CCN(C)[C@@H]5C4)cn3)c3ncn(C)c3n2)cn1. The molecule has 0 aromatic carbocycles. The second-order valence-electron chi connectivity index (χ2n) is 9.92. The summed E-state index contributed by atoms with van der Waals surface area (Å²) < 4.78 is 7.84. The molecule has 2 aliphatic rings. The third-order valence-electron chi connectivity index (χ3n) is 7.41. The van der Waals surface area contributed by atoms with Gasteiger partial charge in [0.15, 0.2) is 17.6 Å². The molecule has 11 heteroatoms. The van der Waals surface area contributed by atoms with E-state index in [0.29, 0.717) is 57.6 Å². The van der Waals surface area contributed by atoms with Gasteiger partial charge in [-0.2, -0.15) is 4.98 Å². The van der Waals surface area contributed by atoms with E-state index in [4.69, 9.17) is 11.3 Å². The number of fused-ring (bicyclic) bond motifs is 2. The van der Waals surface area contributed by atoms with Gasteiger partial charge in [0.2, 0.25) is 5.88 Å². The third-order valence-corrected chi connectivity index (χ3v) is 7.41. The molecule has 6 heterocycles. The van der Waals surface area contributed by atoms with E-state index in [1.165, 1.54) is 6.20 Å². The van der Waals surface area contributed by atoms with E-state index in [2.05, 4.69) is 42.0 Å². The van der Waals surface area contributed by atoms with Crippen LogP contribution in [0.25, 0.3) is 16.0 Å². The predicted octanol–water partition coefficient (Wildman–Crippen LogP) is 3.93. The van der Waals surface area contributed by atoms with E-state index in [1.807, 2.05) is 18.9 Å². The van der Waals surface area contributed by atoms with Crippen molar-refractivity contribution >= 4 is 34.4 Å². The Morgan fingerprint density at radius 3 is 2.76 bits per heavy atom. The summed E-state index contributed by atoms with van der Waals surface area (Å²) in [6, 6.07) is 7.48. The summed E-state index contributed by atoms with van der Waals surface area (Å²) in [7, 11) is 3.99. The number of rotatable bonds is 5. The van der Waals surface area contributed by atoms with Gasteiger partial charge in [-0.1, -0.05) is 6.57 Å². The molecule has 0 spiro atoms. The molecule has 38 heavy (non-hydrogen) atoms. The second kappa shape index (κ2) is 9.39. The number of pyridine rings is 3. The highest BCUT2D eigenvalue weighted by molar-refractivity contribution is 5.94. The number of carbonyl (C=O) groups excluding carboxylic acids is 1. The molecule has 2 atom stereocenters. The minimum atomic E-state index is 0.0202. The molecule has 1 amide bonds. The third kappa shape index (κ3) is 4.29. The number of aromatic nitrogens is 5. The van der Waals surface area contributed by atoms with Crippen molar-refractivity contribution < 1.29 is 9.53 Å². The smallest absolute Gasteiger partial charge is 0.269 e. The van der Waals surface area contributed by atoms with Crippen LogP contribution in [-0.4, -0.2) is 72.9 Å². The highest BCUT2D eigenvalue weighted by Gasteiger charge is 2.41. The number of likely N-dealkylation sites (N-methyl/N-ethyl adjacent to an activating group) is 1. The molecule has 2 fully saturated rings. The van der Waals surface area contributed by atoms with E-state index in [-0.39, 0.29) is 5.91 Å². The number of carbonyl (C=O) groups is 1. The maximum Gasteiger partial charge on any atom is 0.269 e. The lowest BCUT2D eigenvalue weighted by Gasteiger charge is -2.20. The van der Waals surface area contributed by atoms with Gasteiger partial charge in [0.05, 0.1) is 17.6 Å². The fourth-order valence-electron chi connectivity index (χ4n) is 5.28. The number of imidazole rings is 1. The molecule has 192 valence electrons. The number of hydrogen-bond donors (Lipinski definition) is 1. The van der Waals surface area contributed by atoms with Gasteiger partial charge in [-0.05, 0) is 56.6 Å². The predicted molar refractivity (Wildman–Crippen MR) is 142 cm³/mol. The Morgan fingerprint density at radius 1 is 1.16 bits per heavy atom. The van der Waals surface area contributed by atoms with Gasteiger partial charge in [0.25, 0.3) is 11.7 Å². The second-order valence-corrected chi connectivity index (χ2v) is 9.92. The van der Waals surface area contributed by atoms with E-state index in [9.17, 15) is 4.79 Å². The quantitative estimate of drug-likeness (QED) is 0.404. The average molecular weight is 510 g/mol. The minimum Gasteiger partial charge on any atom is -0.435 e. The van der Waals surface area contributed by atoms with Crippen molar-refractivity contribution in [2.24, 2.45) is 13.0 Å². The number of nitrogens with one attached hydrogen (secondary N) is 1. The van der Waals surface area contributed by atoms with E-state index in [0.717, 1.165) is 31.6 Å². The molecular weight excluding hydrogens is 482 g/mol. The lowest BCUT2D eigenvalue weighted by Crippen LogP contribution is -2.35. The van der Waals surface area contributed by atoms with Gasteiger partial charge in [-0.25, -0.2) is 9.97 Å². The topological polar surface area (TPSA) is 106 Å². The number of aryl methyl sites for hydroxylation is 2. The molecule has 0 bridgehead atoms. The Morgan fingerprint density at radius 2 is 2.03 bits per heavy atom. The van der Waals surface area contributed by atoms with Crippen molar-refractivity contribution in [3.05, 3.63) is 65.5 Å². The zero-order valence-electron chi connectivity index (χ0n) is 21.4. The van der Waals surface area contributed by atoms with Crippen molar-refractivity contribution in [2.75, 3.05) is 32.0 Å². The Balaban J connectivity index is 1.22. The Hall–Kier alpha value is -4.56. The highest BCUT2D eigenvalue weighted by Crippen LogP contribution is 2.33. The summed E-state index contributed by atoms with van der Waals surface area (Å²) in [5.41, 5.74) is 3.31. The van der Waals surface area contributed by atoms with Crippen LogP contribution in [0, 0.1) is 19.4 Å². The highest BCUT2D eigenvalue weighted by atomic mass is 16.5. The van der Waals surface area contributed by atoms with Crippen LogP contribution < -0.4 is 10.1 Å². The molecule has 6 rings (SSSR count). The number of amides is 1. The molecule has 11 nitrogen and oxygen atoms in total. The van der Waals surface area contributed by atoms with Gasteiger partial charge in [0, 0.05) is 38.4 Å². The molecular formula is C27H27N9O2. The maximum absolute atomic E-state index is 13.1. The zero-order chi connectivity index (χ0) is 26.4. The van der Waals surface area contributed by atoms with Crippen molar-refractivity contribution in [1.29, 1.82) is 0 Å². The number of likely N-dealkylation sites (tertiary alicyclic amines) is 2. The molecule has 2 saturated heterocycles. The van der Waals surface area contributed by atoms with Crippen molar-refractivity contribution in [2.45, 2.75) is 19.4 Å². The molecule has 2 aliphatic heterocycles. The summed E-state index contributed by atoms with van der Waals surface area (Å²) in [5.74, 6) is 2.32. The lowest BCUT2D eigenvalue weighted by atomic mass is 10.1. The summed E-state index contributed by atoms with van der Waals surface area (Å²) in [6.45, 7) is 11.7. The van der Waals surface area contributed by atoms with Crippen LogP contribution in [0.2, 0.25) is 0 Å². The van der Waals surface area contributed by atoms with Crippen molar-refractivity contribution in [3.63, 3.8) is 0 Å². The first-order chi connectivity index (χ1) is 18.4. The standard InChI is InChI=1S/C27H27N9O2/c1-16-9-23(28-2)30-12-21(16)38-24-10-19(25-26(33-24)35(4)15-31-25)32-22-6-5-17(11-29-22)27(37)36-13-18-7-8-34(3)20(18)14-36/h5-6,9-12,15,18,20H,7-8,13-14H2,1,3-4H3,(H,29,32,33)/t18-,20+/m0/s1. The van der Waals surface area contributed by atoms with Crippen LogP contribution in [0.3, 0.4) is 0 Å². The fourth-order valence-corrected chi connectivity index (χ4v) is 5.28. The normalized spacial score (nSPS) is 18.9. The summed E-state index contributed by atoms with van der Waals surface area (Å²) in [6.07, 6.45) is 5.97. The van der Waals surface area contributed by atoms with Crippen molar-refractivity contribution in [1.82, 2.24) is 34.3 Å². The number of hydrogen-bond acceptors (Lipinski definition) is 8. The Kier molecular flexibility index (Phi) is 5.88. The number of nitrogens with zero attached hydrogens (tertiary/aromatic N) is 8. The summed E-state index contributed by atoms with van der Waals surface area (Å²) in [4.78, 5) is 38.5. The van der Waals surface area contributed by atoms with Crippen LogP contribution in [-0.2, 0) is 7.05 Å². The number of anilines is 2. The molecule has 0 saturated carbocycles. The first-order valence-electron chi connectivity index (χ1n) is 12.5. The molecule has 0 radical (unpaired) electrons. The summed E-state index contributed by atoms with van der Waals surface area (Å²) >= 11 is 0. The van der Waals surface area contributed by atoms with Gasteiger partial charge in [-0.15, -0.1) is 4.98 Å². The fraction of sp³-hybridized carbons (Fsp3) is 0.333. The Labute approximate surface area is 219 Å². The van der Waals surface area contributed by atoms with E-state index >= 15 is 0 Å². The van der Waals surface area contributed by atoms with Crippen LogP contribution in [0.1, 0.15) is 22.3 Å². The van der Waals surface area contributed by atoms with E-state index < -0.39 is 0 Å². The zero-order valence-corrected chi connectivity index (χ0v) is 21.4. The molecule has 4 aromatic heterocycles. The summed E-state index contributed by atoms with van der Waals surface area (Å²) in [5, 5.41) is 3.30. The largest absolute Gasteiger partial charge is 0.435 e. The maximum atomic E-state index is 13.1. The van der Waals surface area contributed by atoms with Crippen LogP contribution in [0.5, 0.6) is 11.6 Å².